The monoisotopic (exact) mass is 264 g/mol. The molecule has 0 aromatic heterocycles. The van der Waals surface area contributed by atoms with Gasteiger partial charge in [0.2, 0.25) is 0 Å². The van der Waals surface area contributed by atoms with Crippen molar-refractivity contribution in [3.05, 3.63) is 23.8 Å². The van der Waals surface area contributed by atoms with Crippen LogP contribution in [0, 0.1) is 0 Å². The van der Waals surface area contributed by atoms with E-state index in [0.29, 0.717) is 13.2 Å². The van der Waals surface area contributed by atoms with Crippen molar-refractivity contribution < 1.29 is 9.47 Å². The number of benzene rings is 1. The third kappa shape index (κ3) is 2.30. The highest BCUT2D eigenvalue weighted by Gasteiger charge is 2.40. The van der Waals surface area contributed by atoms with Crippen molar-refractivity contribution in [3.8, 4) is 11.5 Å². The molecule has 106 valence electrons. The fourth-order valence-corrected chi connectivity index (χ4v) is 3.09. The molecule has 1 aromatic carbocycles. The smallest absolute Gasteiger partial charge is 0.124 e. The van der Waals surface area contributed by atoms with Gasteiger partial charge in [-0.2, -0.15) is 0 Å². The van der Waals surface area contributed by atoms with E-state index in [4.69, 9.17) is 15.2 Å². The highest BCUT2D eigenvalue weighted by Crippen LogP contribution is 2.42. The van der Waals surface area contributed by atoms with Crippen LogP contribution in [-0.2, 0) is 5.54 Å². The molecule has 0 amide bonds. The van der Waals surface area contributed by atoms with E-state index in [1.165, 1.54) is 0 Å². The molecule has 2 rings (SSSR count). The topological polar surface area (TPSA) is 47.7 Å². The second-order valence-corrected chi connectivity index (χ2v) is 4.87. The normalized spacial score (nSPS) is 21.9. The van der Waals surface area contributed by atoms with Crippen LogP contribution in [0.5, 0.6) is 11.5 Å². The molecule has 0 bridgehead atoms. The lowest BCUT2D eigenvalue weighted by molar-refractivity contribution is 0.0572. The number of hydrogen-bond acceptors (Lipinski definition) is 4. The number of nitrogens with zero attached hydrogens (tertiary/aromatic N) is 1. The minimum Gasteiger partial charge on any atom is -0.497 e. The number of rotatable bonds is 5. The number of fused-ring (bicyclic) bond motifs is 1. The van der Waals surface area contributed by atoms with Crippen molar-refractivity contribution >= 4 is 0 Å². The zero-order valence-electron chi connectivity index (χ0n) is 12.1. The number of hydrogen-bond donors (Lipinski definition) is 1. The first kappa shape index (κ1) is 14.2. The molecule has 0 spiro atoms. The molecule has 4 nitrogen and oxygen atoms in total. The zero-order chi connectivity index (χ0) is 13.9. The van der Waals surface area contributed by atoms with E-state index in [-0.39, 0.29) is 5.54 Å². The highest BCUT2D eigenvalue weighted by molar-refractivity contribution is 5.46. The van der Waals surface area contributed by atoms with Crippen LogP contribution in [-0.4, -0.2) is 38.3 Å². The van der Waals surface area contributed by atoms with Crippen LogP contribution in [0.15, 0.2) is 18.2 Å². The van der Waals surface area contributed by atoms with Crippen LogP contribution in [0.2, 0.25) is 0 Å². The summed E-state index contributed by atoms with van der Waals surface area (Å²) in [5.41, 5.74) is 7.18. The number of nitrogens with two attached hydrogens (primary N) is 1. The summed E-state index contributed by atoms with van der Waals surface area (Å²) in [4.78, 5) is 2.42. The molecule has 0 saturated carbocycles. The molecular weight excluding hydrogens is 240 g/mol. The number of methoxy groups -OCH3 is 1. The van der Waals surface area contributed by atoms with E-state index in [0.717, 1.165) is 36.6 Å². The van der Waals surface area contributed by atoms with Crippen LogP contribution in [0.1, 0.15) is 25.8 Å². The van der Waals surface area contributed by atoms with Gasteiger partial charge in [0.25, 0.3) is 0 Å². The third-order valence-corrected chi connectivity index (χ3v) is 4.17. The molecule has 2 N–H and O–H groups in total. The minimum atomic E-state index is -0.133. The van der Waals surface area contributed by atoms with Gasteiger partial charge in [-0.3, -0.25) is 4.90 Å². The quantitative estimate of drug-likeness (QED) is 0.883. The van der Waals surface area contributed by atoms with Crippen molar-refractivity contribution in [2.75, 3.05) is 33.4 Å². The maximum atomic E-state index is 6.16. The van der Waals surface area contributed by atoms with E-state index >= 15 is 0 Å². The van der Waals surface area contributed by atoms with Gasteiger partial charge in [-0.1, -0.05) is 13.8 Å². The molecule has 0 fully saturated rings. The molecule has 1 unspecified atom stereocenters. The molecule has 1 aliphatic rings. The standard InChI is InChI=1S/C15H24N2O2/c1-4-17(5-2)15(11-16)8-9-19-14-7-6-12(18-3)10-13(14)15/h6-7,10H,4-5,8-9,11,16H2,1-3H3. The summed E-state index contributed by atoms with van der Waals surface area (Å²) in [5.74, 6) is 1.79. The fraction of sp³-hybridized carbons (Fsp3) is 0.600. The van der Waals surface area contributed by atoms with Crippen LogP contribution in [0.4, 0.5) is 0 Å². The van der Waals surface area contributed by atoms with Gasteiger partial charge in [0.15, 0.2) is 0 Å². The van der Waals surface area contributed by atoms with Crippen LogP contribution < -0.4 is 15.2 Å². The van der Waals surface area contributed by atoms with E-state index in [1.807, 2.05) is 12.1 Å². The van der Waals surface area contributed by atoms with Crippen LogP contribution in [0.25, 0.3) is 0 Å². The van der Waals surface area contributed by atoms with Gasteiger partial charge in [-0.15, -0.1) is 0 Å². The second-order valence-electron chi connectivity index (χ2n) is 4.87. The van der Waals surface area contributed by atoms with Gasteiger partial charge in [0, 0.05) is 18.5 Å². The second kappa shape index (κ2) is 5.80. The lowest BCUT2D eigenvalue weighted by Crippen LogP contribution is -2.53. The molecule has 1 aromatic rings. The fourth-order valence-electron chi connectivity index (χ4n) is 3.09. The lowest BCUT2D eigenvalue weighted by Gasteiger charge is -2.46. The molecular formula is C15H24N2O2. The van der Waals surface area contributed by atoms with Crippen molar-refractivity contribution in [2.24, 2.45) is 5.73 Å². The van der Waals surface area contributed by atoms with Gasteiger partial charge in [-0.25, -0.2) is 0 Å². The molecule has 4 heteroatoms. The van der Waals surface area contributed by atoms with Gasteiger partial charge >= 0.3 is 0 Å². The Balaban J connectivity index is 2.53. The van der Waals surface area contributed by atoms with Crippen LogP contribution >= 0.6 is 0 Å². The van der Waals surface area contributed by atoms with Crippen molar-refractivity contribution in [2.45, 2.75) is 25.8 Å². The van der Waals surface area contributed by atoms with E-state index < -0.39 is 0 Å². The Kier molecular flexibility index (Phi) is 4.32. The Hall–Kier alpha value is -1.26. The first-order valence-corrected chi connectivity index (χ1v) is 6.98. The largest absolute Gasteiger partial charge is 0.497 e. The lowest BCUT2D eigenvalue weighted by atomic mass is 9.82. The minimum absolute atomic E-state index is 0.133. The first-order chi connectivity index (χ1) is 9.21. The Morgan fingerprint density at radius 1 is 1.37 bits per heavy atom. The summed E-state index contributed by atoms with van der Waals surface area (Å²) in [6.45, 7) is 7.62. The molecule has 1 aliphatic heterocycles. The summed E-state index contributed by atoms with van der Waals surface area (Å²) in [7, 11) is 1.69. The van der Waals surface area contributed by atoms with Crippen LogP contribution in [0.3, 0.4) is 0 Å². The van der Waals surface area contributed by atoms with Gasteiger partial charge < -0.3 is 15.2 Å². The first-order valence-electron chi connectivity index (χ1n) is 6.98. The number of likely N-dealkylation sites (N-methyl/N-ethyl adjacent to an activating group) is 1. The predicted molar refractivity (Wildman–Crippen MR) is 76.8 cm³/mol. The van der Waals surface area contributed by atoms with E-state index in [1.54, 1.807) is 7.11 Å². The molecule has 0 saturated heterocycles. The van der Waals surface area contributed by atoms with Crippen molar-refractivity contribution in [3.63, 3.8) is 0 Å². The third-order valence-electron chi connectivity index (χ3n) is 4.17. The summed E-state index contributed by atoms with van der Waals surface area (Å²) >= 11 is 0. The summed E-state index contributed by atoms with van der Waals surface area (Å²) in [5, 5.41) is 0. The summed E-state index contributed by atoms with van der Waals surface area (Å²) < 4.78 is 11.1. The predicted octanol–water partition coefficient (Wildman–Crippen LogP) is 1.97. The maximum absolute atomic E-state index is 6.16. The maximum Gasteiger partial charge on any atom is 0.124 e. The SMILES string of the molecule is CCN(CC)C1(CN)CCOc2ccc(OC)cc21. The van der Waals surface area contributed by atoms with E-state index in [9.17, 15) is 0 Å². The van der Waals surface area contributed by atoms with Gasteiger partial charge in [0.05, 0.1) is 19.3 Å². The molecule has 1 heterocycles. The molecule has 19 heavy (non-hydrogen) atoms. The average molecular weight is 264 g/mol. The zero-order valence-corrected chi connectivity index (χ0v) is 12.1. The molecule has 0 radical (unpaired) electrons. The molecule has 0 aliphatic carbocycles. The average Bonchev–Trinajstić information content (AvgIpc) is 2.48. The van der Waals surface area contributed by atoms with Crippen molar-refractivity contribution in [1.29, 1.82) is 0 Å². The Morgan fingerprint density at radius 3 is 2.68 bits per heavy atom. The van der Waals surface area contributed by atoms with Gasteiger partial charge in [0.1, 0.15) is 11.5 Å². The summed E-state index contributed by atoms with van der Waals surface area (Å²) in [6, 6.07) is 5.99. The van der Waals surface area contributed by atoms with Gasteiger partial charge in [-0.05, 0) is 31.3 Å². The Labute approximate surface area is 115 Å². The summed E-state index contributed by atoms with van der Waals surface area (Å²) in [6.07, 6.45) is 0.922. The molecule has 1 atom stereocenters. The Bertz CT molecular complexity index is 432. The Morgan fingerprint density at radius 2 is 2.11 bits per heavy atom. The highest BCUT2D eigenvalue weighted by atomic mass is 16.5. The van der Waals surface area contributed by atoms with Crippen molar-refractivity contribution in [1.82, 2.24) is 4.90 Å². The number of ether oxygens (including phenoxy) is 2. The van der Waals surface area contributed by atoms with E-state index in [2.05, 4.69) is 24.8 Å².